The van der Waals surface area contributed by atoms with Gasteiger partial charge in [0.15, 0.2) is 0 Å². The fraction of sp³-hybridized carbons (Fsp3) is 0.100. The molecule has 0 saturated heterocycles. The number of hydrogen-bond acceptors (Lipinski definition) is 16. The van der Waals surface area contributed by atoms with Gasteiger partial charge in [-0.2, -0.15) is 0 Å². The number of aromatic nitrogens is 4. The summed E-state index contributed by atoms with van der Waals surface area (Å²) < 4.78 is 0. The Kier molecular flexibility index (Phi) is 36.5. The van der Waals surface area contributed by atoms with Gasteiger partial charge in [0.2, 0.25) is 0 Å². The van der Waals surface area contributed by atoms with E-state index in [0.29, 0.717) is 48.4 Å². The van der Waals surface area contributed by atoms with Crippen LogP contribution in [0.5, 0.6) is 23.0 Å². The molecule has 0 unspecified atom stereocenters. The van der Waals surface area contributed by atoms with E-state index in [1.165, 1.54) is 0 Å². The van der Waals surface area contributed by atoms with Gasteiger partial charge in [-0.05, 0) is 138 Å². The summed E-state index contributed by atoms with van der Waals surface area (Å²) in [5.74, 6) is 0.0706. The summed E-state index contributed by atoms with van der Waals surface area (Å²) in [6.45, 7) is 1.88. The molecule has 0 fully saturated rings. The Morgan fingerprint density at radius 2 is 0.471 bits per heavy atom. The minimum absolute atomic E-state index is 0. The number of nitrogens with zero attached hydrogens (tertiary/aromatic N) is 8. The zero-order valence-electron chi connectivity index (χ0n) is 55.8. The molecule has 8 N–H and O–H groups in total. The third kappa shape index (κ3) is 20.4. The molecule has 16 rings (SSSR count). The van der Waals surface area contributed by atoms with E-state index in [-0.39, 0.29) is 93.5 Å². The van der Waals surface area contributed by atoms with E-state index in [0.717, 1.165) is 139 Å². The average Bonchev–Trinajstić information content (AvgIpc) is 0.787. The van der Waals surface area contributed by atoms with Crippen LogP contribution in [0.15, 0.2) is 263 Å². The second-order valence-electron chi connectivity index (χ2n) is 21.0. The molecule has 22 heteroatoms. The Bertz CT molecular complexity index is 4320. The van der Waals surface area contributed by atoms with Crippen LogP contribution in [-0.2, 0) is 60.9 Å². The summed E-state index contributed by atoms with van der Waals surface area (Å²) in [7, 11) is 4.00. The number of aliphatic hydroxyl groups is 4. The fourth-order valence-electron chi connectivity index (χ4n) is 11.3. The molecular formula is C80H72Cl2Cr2N8O10. The van der Waals surface area contributed by atoms with Gasteiger partial charge in [0.1, 0.15) is 0 Å². The summed E-state index contributed by atoms with van der Waals surface area (Å²) in [5, 5.41) is 85.6. The second kappa shape index (κ2) is 43.3. The Morgan fingerprint density at radius 3 is 0.657 bits per heavy atom. The summed E-state index contributed by atoms with van der Waals surface area (Å²) >= 11 is 0. The van der Waals surface area contributed by atoms with Gasteiger partial charge in [-0.1, -0.05) is 193 Å². The van der Waals surface area contributed by atoms with Crippen LogP contribution in [0, 0.1) is 0 Å². The number of hydrogen-bond donors (Lipinski definition) is 4. The van der Waals surface area contributed by atoms with Gasteiger partial charge in [0, 0.05) is 75.5 Å². The quantitative estimate of drug-likeness (QED) is 0.167. The van der Waals surface area contributed by atoms with Crippen molar-refractivity contribution in [2.75, 3.05) is 28.4 Å². The smallest absolute Gasteiger partial charge is 1.00 e. The van der Waals surface area contributed by atoms with Gasteiger partial charge in [-0.25, -0.2) is 0 Å². The molecule has 0 aliphatic heterocycles. The molecule has 0 bridgehead atoms. The molecule has 0 saturated carbocycles. The van der Waals surface area contributed by atoms with E-state index in [4.69, 9.17) is 20.4 Å². The van der Waals surface area contributed by atoms with Crippen molar-refractivity contribution < 1.29 is 111 Å². The van der Waals surface area contributed by atoms with Crippen LogP contribution in [-0.4, -0.2) is 103 Å². The Morgan fingerprint density at radius 1 is 0.265 bits per heavy atom. The van der Waals surface area contributed by atoms with E-state index in [9.17, 15) is 20.4 Å². The van der Waals surface area contributed by atoms with Gasteiger partial charge >= 0.3 is 34.7 Å². The van der Waals surface area contributed by atoms with E-state index in [2.05, 4.69) is 39.9 Å². The molecule has 2 radical (unpaired) electrons. The minimum atomic E-state index is 0. The number of allylic oxidation sites excluding steroid dienone is 4. The number of rotatable bonds is 8. The van der Waals surface area contributed by atoms with Crippen molar-refractivity contribution >= 4 is 90.2 Å². The summed E-state index contributed by atoms with van der Waals surface area (Å²) in [5.41, 5.74) is 13.6. The average molecular weight is 1480 g/mol. The maximum Gasteiger partial charge on any atom is 3.00 e. The van der Waals surface area contributed by atoms with Gasteiger partial charge in [-0.3, -0.25) is 39.9 Å². The first kappa shape index (κ1) is 85.9. The Balaban J connectivity index is 0.000000335. The van der Waals surface area contributed by atoms with Crippen LogP contribution in [0.25, 0.3) is 67.4 Å². The molecule has 518 valence electrons. The van der Waals surface area contributed by atoms with Crippen LogP contribution < -0.4 is 45.2 Å². The van der Waals surface area contributed by atoms with Crippen LogP contribution in [0.1, 0.15) is 67.3 Å². The van der Waals surface area contributed by atoms with Gasteiger partial charge < -0.3 is 76.6 Å². The van der Waals surface area contributed by atoms with E-state index >= 15 is 0 Å². The SMILES string of the molecule is CO.CO.CO.CO.O.O.[Cl-].[Cl-].[Cr+3].[Cr+3].[O-]c1ccc2cccc3c2c1C(=NCc1ccccn1)C=C3.[O-]c1ccc2cccc3c2c1C(=NCc1ccccn1)C=C3.[O-]c1ccc2cccc3c2c1C(=NCc1ccccn1)C=C3.[O-]c1ccc2cccc3c2c1C(=NCc1ccccn1)C=C3. The topological polar surface area (TPSA) is 337 Å². The van der Waals surface area contributed by atoms with Crippen LogP contribution in [0.2, 0.25) is 0 Å². The van der Waals surface area contributed by atoms with Gasteiger partial charge in [0.25, 0.3) is 0 Å². The molecule has 4 aliphatic rings. The molecule has 18 nitrogen and oxygen atoms in total. The first-order valence-corrected chi connectivity index (χ1v) is 30.5. The minimum Gasteiger partial charge on any atom is -1.00 e. The zero-order valence-corrected chi connectivity index (χ0v) is 59.9. The molecule has 4 aromatic heterocycles. The zero-order chi connectivity index (χ0) is 67.8. The van der Waals surface area contributed by atoms with Crippen molar-refractivity contribution in [2.45, 2.75) is 26.2 Å². The van der Waals surface area contributed by atoms with E-state index in [1.54, 1.807) is 49.1 Å². The Hall–Kier alpha value is -10.4. The van der Waals surface area contributed by atoms with Gasteiger partial charge in [0.05, 0.1) is 71.8 Å². The first-order valence-electron chi connectivity index (χ1n) is 30.5. The maximum atomic E-state index is 12.3. The second-order valence-corrected chi connectivity index (χ2v) is 21.0. The van der Waals surface area contributed by atoms with E-state index in [1.807, 2.05) is 218 Å². The molecule has 102 heavy (non-hydrogen) atoms. The van der Waals surface area contributed by atoms with E-state index < -0.39 is 0 Å². The van der Waals surface area contributed by atoms with Crippen molar-refractivity contribution in [3.63, 3.8) is 0 Å². The number of benzene rings is 8. The molecule has 12 aromatic rings. The van der Waals surface area contributed by atoms with Crippen molar-refractivity contribution in [2.24, 2.45) is 20.0 Å². The molecule has 4 aliphatic carbocycles. The monoisotopic (exact) mass is 1480 g/mol. The maximum absolute atomic E-state index is 12.3. The van der Waals surface area contributed by atoms with Crippen LogP contribution in [0.3, 0.4) is 0 Å². The fourth-order valence-corrected chi connectivity index (χ4v) is 11.3. The third-order valence-corrected chi connectivity index (χ3v) is 15.4. The largest absolute Gasteiger partial charge is 3.00 e. The summed E-state index contributed by atoms with van der Waals surface area (Å²) in [6, 6.07) is 61.2. The number of pyridine rings is 4. The van der Waals surface area contributed by atoms with Crippen molar-refractivity contribution in [1.82, 2.24) is 19.9 Å². The van der Waals surface area contributed by atoms with Crippen molar-refractivity contribution in [3.8, 4) is 23.0 Å². The van der Waals surface area contributed by atoms with Crippen molar-refractivity contribution in [3.05, 3.63) is 310 Å². The van der Waals surface area contributed by atoms with Crippen LogP contribution >= 0.6 is 0 Å². The van der Waals surface area contributed by atoms with Crippen molar-refractivity contribution in [1.29, 1.82) is 0 Å². The van der Waals surface area contributed by atoms with Crippen LogP contribution in [0.4, 0.5) is 0 Å². The molecule has 0 amide bonds. The summed E-state index contributed by atoms with van der Waals surface area (Å²) in [6.07, 6.45) is 22.8. The molecule has 0 spiro atoms. The molecule has 8 aromatic carbocycles. The number of aliphatic imine (C=N–C) groups is 4. The normalized spacial score (nSPS) is 12.9. The predicted octanol–water partition coefficient (Wildman–Crippen LogP) is 4.09. The summed E-state index contributed by atoms with van der Waals surface area (Å²) in [4.78, 5) is 35.5. The number of halogens is 2. The molecular weight excluding hydrogens is 1410 g/mol. The molecule has 4 heterocycles. The Labute approximate surface area is 625 Å². The number of aliphatic hydroxyl groups excluding tert-OH is 4. The third-order valence-electron chi connectivity index (χ3n) is 15.4. The predicted molar refractivity (Wildman–Crippen MR) is 387 cm³/mol. The standard InChI is InChI=1S/4C19H14N2O.4CH4O.2ClH.2Cr.2H2O/c4*22-17-10-8-14-5-3-4-13-7-9-16(19(17)18(13)14)21-12-15-6-1-2-11-20-15;4*1-2;;;;;;/h4*1-11,22H,12H2;4*2H,1H3;2*1H;;;2*1H2/q;;;;;;;;;;2*+3;;/p-6. The first-order chi connectivity index (χ1) is 47.3. The molecule has 0 atom stereocenters. The van der Waals surface area contributed by atoms with Gasteiger partial charge in [-0.15, -0.1) is 0 Å².